The van der Waals surface area contributed by atoms with Crippen LogP contribution in [0.5, 0.6) is 0 Å². The molecule has 1 atom stereocenters. The van der Waals surface area contributed by atoms with E-state index in [0.29, 0.717) is 0 Å². The largest absolute Gasteiger partial charge is 0.352 e. The molecule has 6 N–H and O–H groups in total. The van der Waals surface area contributed by atoms with Crippen LogP contribution >= 0.6 is 8.69 Å². The molecule has 0 aliphatic heterocycles. The van der Waals surface area contributed by atoms with E-state index in [4.69, 9.17) is 16.0 Å². The molecule has 0 aromatic rings. The second-order valence-corrected chi connectivity index (χ2v) is 3.53. The molecule has 0 radical (unpaired) electrons. The molecule has 0 aliphatic carbocycles. The third-order valence-electron chi connectivity index (χ3n) is 1.61. The second kappa shape index (κ2) is 6.26. The standard InChI is InChI=1S/C6H15N4O4P/c1-6(14-15-13,2-9-4(7)11)3-10-5(8)12/h2-3,15H2,1H3,(H3,7,9,11)(H3,8,10,12). The first-order valence-corrected chi connectivity index (χ1v) is 5.02. The molecule has 0 spiro atoms. The van der Waals surface area contributed by atoms with Gasteiger partial charge in [-0.2, -0.15) is 0 Å². The maximum Gasteiger partial charge on any atom is 0.312 e. The van der Waals surface area contributed by atoms with Crippen molar-refractivity contribution in [1.82, 2.24) is 10.6 Å². The molecule has 0 fully saturated rings. The Bertz CT molecular complexity index is 242. The van der Waals surface area contributed by atoms with E-state index in [-0.39, 0.29) is 13.1 Å². The van der Waals surface area contributed by atoms with Crippen LogP contribution < -0.4 is 22.1 Å². The van der Waals surface area contributed by atoms with E-state index < -0.39 is 26.4 Å². The molecular weight excluding hydrogens is 223 g/mol. The van der Waals surface area contributed by atoms with Gasteiger partial charge in [-0.25, -0.2) is 9.59 Å². The maximum absolute atomic E-state index is 10.5. The molecule has 1 unspecified atom stereocenters. The van der Waals surface area contributed by atoms with Crippen LogP contribution in [0.3, 0.4) is 0 Å². The molecule has 0 bridgehead atoms. The van der Waals surface area contributed by atoms with Gasteiger partial charge in [0.1, 0.15) is 5.60 Å². The summed E-state index contributed by atoms with van der Waals surface area (Å²) in [4.78, 5) is 20.9. The number of primary amides is 2. The monoisotopic (exact) mass is 238 g/mol. The Morgan fingerprint density at radius 2 is 1.67 bits per heavy atom. The fourth-order valence-electron chi connectivity index (χ4n) is 0.810. The SMILES string of the molecule is CC(CNC(N)=O)(CNC(N)=O)O[PH2]=O. The number of amides is 4. The third kappa shape index (κ3) is 6.75. The fourth-order valence-corrected chi connectivity index (χ4v) is 1.21. The Balaban J connectivity index is 4.22. The van der Waals surface area contributed by atoms with Crippen molar-refractivity contribution in [3.8, 4) is 0 Å². The lowest BCUT2D eigenvalue weighted by molar-refractivity contribution is 0.108. The third-order valence-corrected chi connectivity index (χ3v) is 2.27. The molecular formula is C6H15N4O4P. The fraction of sp³-hybridized carbons (Fsp3) is 0.667. The van der Waals surface area contributed by atoms with Crippen molar-refractivity contribution in [2.24, 2.45) is 11.5 Å². The summed E-state index contributed by atoms with van der Waals surface area (Å²) in [5, 5.41) is 4.58. The predicted molar refractivity (Wildman–Crippen MR) is 55.1 cm³/mol. The topological polar surface area (TPSA) is 137 Å². The first-order chi connectivity index (χ1) is 6.89. The van der Waals surface area contributed by atoms with E-state index in [0.717, 1.165) is 0 Å². The molecule has 0 heterocycles. The first kappa shape index (κ1) is 13.7. The van der Waals surface area contributed by atoms with Gasteiger partial charge in [0.2, 0.25) is 0 Å². The van der Waals surface area contributed by atoms with Gasteiger partial charge in [-0.05, 0) is 6.92 Å². The quantitative estimate of drug-likeness (QED) is 0.430. The summed E-state index contributed by atoms with van der Waals surface area (Å²) in [5.41, 5.74) is 8.74. The van der Waals surface area contributed by atoms with Crippen molar-refractivity contribution in [2.45, 2.75) is 12.5 Å². The Morgan fingerprint density at radius 1 is 1.27 bits per heavy atom. The lowest BCUT2D eigenvalue weighted by atomic mass is 10.1. The van der Waals surface area contributed by atoms with E-state index in [9.17, 15) is 14.2 Å². The van der Waals surface area contributed by atoms with Crippen molar-refractivity contribution in [3.05, 3.63) is 0 Å². The van der Waals surface area contributed by atoms with Crippen molar-refractivity contribution in [2.75, 3.05) is 13.1 Å². The summed E-state index contributed by atoms with van der Waals surface area (Å²) in [6, 6.07) is -1.46. The zero-order chi connectivity index (χ0) is 11.9. The number of nitrogens with one attached hydrogen (secondary N) is 2. The van der Waals surface area contributed by atoms with Crippen molar-refractivity contribution in [3.63, 3.8) is 0 Å². The highest BCUT2D eigenvalue weighted by Gasteiger charge is 2.25. The molecule has 4 amide bonds. The van der Waals surface area contributed by atoms with Gasteiger partial charge in [0.05, 0.1) is 13.1 Å². The minimum atomic E-state index is -1.47. The highest BCUT2D eigenvalue weighted by molar-refractivity contribution is 7.17. The van der Waals surface area contributed by atoms with Gasteiger partial charge in [-0.1, -0.05) is 0 Å². The van der Waals surface area contributed by atoms with Gasteiger partial charge in [-0.15, -0.1) is 0 Å². The lowest BCUT2D eigenvalue weighted by Gasteiger charge is -2.27. The number of hydrogen-bond donors (Lipinski definition) is 4. The molecule has 15 heavy (non-hydrogen) atoms. The van der Waals surface area contributed by atoms with Gasteiger partial charge in [0, 0.05) is 0 Å². The van der Waals surface area contributed by atoms with E-state index >= 15 is 0 Å². The first-order valence-electron chi connectivity index (χ1n) is 4.08. The average Bonchev–Trinajstić information content (AvgIpc) is 2.13. The number of carbonyl (C=O) groups is 2. The molecule has 0 aromatic carbocycles. The van der Waals surface area contributed by atoms with Crippen LogP contribution in [0.4, 0.5) is 9.59 Å². The average molecular weight is 238 g/mol. The molecule has 9 heteroatoms. The zero-order valence-electron chi connectivity index (χ0n) is 8.28. The molecule has 88 valence electrons. The normalized spacial score (nSPS) is 11.5. The van der Waals surface area contributed by atoms with Gasteiger partial charge in [0.25, 0.3) is 0 Å². The molecule has 0 aliphatic rings. The van der Waals surface area contributed by atoms with Gasteiger partial charge >= 0.3 is 12.1 Å². The smallest absolute Gasteiger partial charge is 0.312 e. The van der Waals surface area contributed by atoms with Crippen LogP contribution in [-0.2, 0) is 9.09 Å². The van der Waals surface area contributed by atoms with E-state index in [2.05, 4.69) is 10.6 Å². The van der Waals surface area contributed by atoms with Gasteiger partial charge in [-0.3, -0.25) is 4.57 Å². The molecule has 0 aromatic heterocycles. The minimum absolute atomic E-state index is 0.0256. The Hall–Kier alpha value is -1.27. The number of urea groups is 2. The molecule has 8 nitrogen and oxygen atoms in total. The summed E-state index contributed by atoms with van der Waals surface area (Å²) < 4.78 is 15.3. The van der Waals surface area contributed by atoms with Crippen LogP contribution in [-0.4, -0.2) is 30.8 Å². The van der Waals surface area contributed by atoms with Gasteiger partial charge < -0.3 is 26.6 Å². The van der Waals surface area contributed by atoms with Crippen LogP contribution in [0.1, 0.15) is 6.92 Å². The summed E-state index contributed by atoms with van der Waals surface area (Å²) >= 11 is 0. The zero-order valence-corrected chi connectivity index (χ0v) is 9.43. The van der Waals surface area contributed by atoms with E-state index in [1.54, 1.807) is 6.92 Å². The Labute approximate surface area is 88.0 Å². The summed E-state index contributed by atoms with van der Waals surface area (Å²) in [7, 11) is -1.47. The van der Waals surface area contributed by atoms with Crippen LogP contribution in [0.15, 0.2) is 0 Å². The van der Waals surface area contributed by atoms with Crippen molar-refractivity contribution >= 4 is 20.7 Å². The predicted octanol–water partition coefficient (Wildman–Crippen LogP) is -1.23. The number of rotatable bonds is 6. The molecule has 0 saturated heterocycles. The molecule has 0 saturated carbocycles. The van der Waals surface area contributed by atoms with E-state index in [1.807, 2.05) is 0 Å². The van der Waals surface area contributed by atoms with Crippen LogP contribution in [0.25, 0.3) is 0 Å². The summed E-state index contributed by atoms with van der Waals surface area (Å²) in [6.07, 6.45) is 0. The van der Waals surface area contributed by atoms with Crippen LogP contribution in [0, 0.1) is 0 Å². The second-order valence-electron chi connectivity index (χ2n) is 3.10. The van der Waals surface area contributed by atoms with Crippen molar-refractivity contribution in [1.29, 1.82) is 0 Å². The summed E-state index contributed by atoms with van der Waals surface area (Å²) in [6.45, 7) is 1.61. The summed E-state index contributed by atoms with van der Waals surface area (Å²) in [5.74, 6) is 0. The number of carbonyl (C=O) groups excluding carboxylic acids is 2. The van der Waals surface area contributed by atoms with E-state index in [1.165, 1.54) is 0 Å². The highest BCUT2D eigenvalue weighted by Crippen LogP contribution is 2.14. The lowest BCUT2D eigenvalue weighted by Crippen LogP contribution is -2.51. The van der Waals surface area contributed by atoms with Gasteiger partial charge in [0.15, 0.2) is 8.69 Å². The number of hydrogen-bond acceptors (Lipinski definition) is 4. The maximum atomic E-state index is 10.5. The number of nitrogens with two attached hydrogens (primary N) is 2. The van der Waals surface area contributed by atoms with Crippen molar-refractivity contribution < 1.29 is 18.7 Å². The Morgan fingerprint density at radius 3 is 1.93 bits per heavy atom. The highest BCUT2D eigenvalue weighted by atomic mass is 31.1. The van der Waals surface area contributed by atoms with Crippen LogP contribution in [0.2, 0.25) is 0 Å². The molecule has 0 rings (SSSR count). The Kier molecular flexibility index (Phi) is 5.73. The minimum Gasteiger partial charge on any atom is -0.352 e.